The fraction of sp³-hybridized carbons (Fsp3) is 0.182. The number of nitrogens with zero attached hydrogens (tertiary/aromatic N) is 2. The van der Waals surface area contributed by atoms with Crippen molar-refractivity contribution in [3.05, 3.63) is 34.3 Å². The van der Waals surface area contributed by atoms with Gasteiger partial charge in [-0.2, -0.15) is 4.98 Å². The molecule has 0 radical (unpaired) electrons. The molecule has 0 saturated carbocycles. The molecule has 0 fully saturated rings. The number of anilines is 1. The predicted molar refractivity (Wildman–Crippen MR) is 67.1 cm³/mol. The summed E-state index contributed by atoms with van der Waals surface area (Å²) in [5, 5.41) is 9.34. The summed E-state index contributed by atoms with van der Waals surface area (Å²) >= 11 is 5.85. The SMILES string of the molecule is COc1n[nH]c(NC(=O)c2cc(Cl)ccc2C)n1. The Morgan fingerprint density at radius 2 is 2.28 bits per heavy atom. The first-order valence-electron chi connectivity index (χ1n) is 5.14. The Morgan fingerprint density at radius 1 is 1.50 bits per heavy atom. The summed E-state index contributed by atoms with van der Waals surface area (Å²) in [6.07, 6.45) is 0. The van der Waals surface area contributed by atoms with Crippen LogP contribution in [0.15, 0.2) is 18.2 Å². The largest absolute Gasteiger partial charge is 0.466 e. The summed E-state index contributed by atoms with van der Waals surface area (Å²) in [5.41, 5.74) is 1.31. The zero-order valence-electron chi connectivity index (χ0n) is 9.82. The van der Waals surface area contributed by atoms with E-state index in [1.54, 1.807) is 18.2 Å². The minimum absolute atomic E-state index is 0.160. The zero-order chi connectivity index (χ0) is 13.1. The molecule has 2 aromatic rings. The van der Waals surface area contributed by atoms with E-state index in [1.165, 1.54) is 7.11 Å². The highest BCUT2D eigenvalue weighted by atomic mass is 35.5. The van der Waals surface area contributed by atoms with E-state index in [1.807, 2.05) is 6.92 Å². The Balaban J connectivity index is 2.19. The number of H-pyrrole nitrogens is 1. The van der Waals surface area contributed by atoms with Crippen molar-refractivity contribution < 1.29 is 9.53 Å². The molecule has 0 atom stereocenters. The molecule has 0 saturated heterocycles. The maximum atomic E-state index is 12.0. The van der Waals surface area contributed by atoms with Gasteiger partial charge in [0.15, 0.2) is 0 Å². The molecule has 18 heavy (non-hydrogen) atoms. The molecule has 0 spiro atoms. The third kappa shape index (κ3) is 2.60. The number of hydrogen-bond donors (Lipinski definition) is 2. The number of aryl methyl sites for hydroxylation is 1. The second-order valence-corrected chi connectivity index (χ2v) is 4.02. The maximum Gasteiger partial charge on any atom is 0.336 e. The summed E-state index contributed by atoms with van der Waals surface area (Å²) < 4.78 is 4.80. The molecule has 94 valence electrons. The van der Waals surface area contributed by atoms with Crippen LogP contribution >= 0.6 is 11.6 Å². The Bertz CT molecular complexity index is 582. The molecule has 2 N–H and O–H groups in total. The van der Waals surface area contributed by atoms with Crippen LogP contribution in [0.1, 0.15) is 15.9 Å². The van der Waals surface area contributed by atoms with E-state index in [4.69, 9.17) is 16.3 Å². The highest BCUT2D eigenvalue weighted by molar-refractivity contribution is 6.31. The van der Waals surface area contributed by atoms with E-state index in [0.29, 0.717) is 10.6 Å². The minimum atomic E-state index is -0.311. The van der Waals surface area contributed by atoms with Crippen molar-refractivity contribution in [2.45, 2.75) is 6.92 Å². The molecule has 0 aliphatic rings. The third-order valence-corrected chi connectivity index (χ3v) is 2.56. The van der Waals surface area contributed by atoms with Gasteiger partial charge in [0.25, 0.3) is 5.91 Å². The van der Waals surface area contributed by atoms with Crippen LogP contribution in [-0.2, 0) is 0 Å². The van der Waals surface area contributed by atoms with Crippen molar-refractivity contribution in [1.29, 1.82) is 0 Å². The van der Waals surface area contributed by atoms with Crippen molar-refractivity contribution in [3.8, 4) is 6.01 Å². The Kier molecular flexibility index (Phi) is 3.47. The highest BCUT2D eigenvalue weighted by Crippen LogP contribution is 2.16. The van der Waals surface area contributed by atoms with Crippen molar-refractivity contribution in [3.63, 3.8) is 0 Å². The number of carbonyl (C=O) groups is 1. The molecule has 1 aromatic heterocycles. The fourth-order valence-corrected chi connectivity index (χ4v) is 1.58. The van der Waals surface area contributed by atoms with E-state index in [9.17, 15) is 4.79 Å². The van der Waals surface area contributed by atoms with Crippen LogP contribution in [-0.4, -0.2) is 28.2 Å². The minimum Gasteiger partial charge on any atom is -0.466 e. The number of methoxy groups -OCH3 is 1. The summed E-state index contributed by atoms with van der Waals surface area (Å²) in [4.78, 5) is 15.9. The van der Waals surface area contributed by atoms with Crippen LogP contribution in [0.5, 0.6) is 6.01 Å². The number of halogens is 1. The number of benzene rings is 1. The first-order valence-corrected chi connectivity index (χ1v) is 5.52. The first-order chi connectivity index (χ1) is 8.60. The lowest BCUT2D eigenvalue weighted by molar-refractivity contribution is 0.102. The van der Waals surface area contributed by atoms with Gasteiger partial charge in [0, 0.05) is 10.6 Å². The Labute approximate surface area is 108 Å². The normalized spacial score (nSPS) is 10.2. The molecule has 0 aliphatic heterocycles. The van der Waals surface area contributed by atoms with Gasteiger partial charge in [0.1, 0.15) is 0 Å². The lowest BCUT2D eigenvalue weighted by Crippen LogP contribution is -2.14. The van der Waals surface area contributed by atoms with E-state index in [2.05, 4.69) is 20.5 Å². The summed E-state index contributed by atoms with van der Waals surface area (Å²) in [6.45, 7) is 1.83. The van der Waals surface area contributed by atoms with E-state index in [0.717, 1.165) is 5.56 Å². The molecule has 2 rings (SSSR count). The highest BCUT2D eigenvalue weighted by Gasteiger charge is 2.12. The smallest absolute Gasteiger partial charge is 0.336 e. The summed E-state index contributed by atoms with van der Waals surface area (Å²) in [5.74, 6) is -0.0926. The van der Waals surface area contributed by atoms with Gasteiger partial charge in [-0.3, -0.25) is 10.1 Å². The van der Waals surface area contributed by atoms with Gasteiger partial charge in [-0.1, -0.05) is 17.7 Å². The third-order valence-electron chi connectivity index (χ3n) is 2.32. The Morgan fingerprint density at radius 3 is 2.94 bits per heavy atom. The maximum absolute atomic E-state index is 12.0. The second-order valence-electron chi connectivity index (χ2n) is 3.58. The molecule has 1 aromatic carbocycles. The van der Waals surface area contributed by atoms with Gasteiger partial charge >= 0.3 is 6.01 Å². The molecule has 0 aliphatic carbocycles. The van der Waals surface area contributed by atoms with Crippen LogP contribution in [0.3, 0.4) is 0 Å². The van der Waals surface area contributed by atoms with E-state index in [-0.39, 0.29) is 17.9 Å². The molecule has 0 bridgehead atoms. The topological polar surface area (TPSA) is 79.9 Å². The molecular formula is C11H11ClN4O2. The van der Waals surface area contributed by atoms with Crippen LogP contribution < -0.4 is 10.1 Å². The number of nitrogens with one attached hydrogen (secondary N) is 2. The van der Waals surface area contributed by atoms with Crippen molar-refractivity contribution in [2.75, 3.05) is 12.4 Å². The molecule has 6 nitrogen and oxygen atoms in total. The van der Waals surface area contributed by atoms with Crippen molar-refractivity contribution in [2.24, 2.45) is 0 Å². The van der Waals surface area contributed by atoms with Crippen LogP contribution in [0.25, 0.3) is 0 Å². The van der Waals surface area contributed by atoms with Gasteiger partial charge in [0.2, 0.25) is 5.95 Å². The quantitative estimate of drug-likeness (QED) is 0.891. The number of aromatic amines is 1. The second kappa shape index (κ2) is 5.05. The van der Waals surface area contributed by atoms with Crippen molar-refractivity contribution >= 4 is 23.5 Å². The van der Waals surface area contributed by atoms with Gasteiger partial charge in [-0.25, -0.2) is 5.10 Å². The van der Waals surface area contributed by atoms with Gasteiger partial charge in [0.05, 0.1) is 7.11 Å². The van der Waals surface area contributed by atoms with Crippen LogP contribution in [0.2, 0.25) is 5.02 Å². The molecular weight excluding hydrogens is 256 g/mol. The average molecular weight is 267 g/mol. The van der Waals surface area contributed by atoms with Gasteiger partial charge in [-0.15, -0.1) is 5.10 Å². The molecule has 0 unspecified atom stereocenters. The lowest BCUT2D eigenvalue weighted by Gasteiger charge is -2.05. The van der Waals surface area contributed by atoms with Crippen LogP contribution in [0, 0.1) is 6.92 Å². The number of carbonyl (C=O) groups excluding carboxylic acids is 1. The fourth-order valence-electron chi connectivity index (χ4n) is 1.41. The number of ether oxygens (including phenoxy) is 1. The lowest BCUT2D eigenvalue weighted by atomic mass is 10.1. The number of aromatic nitrogens is 3. The predicted octanol–water partition coefficient (Wildman–Crippen LogP) is 2.03. The monoisotopic (exact) mass is 266 g/mol. The molecule has 1 heterocycles. The van der Waals surface area contributed by atoms with Gasteiger partial charge < -0.3 is 4.74 Å². The summed E-state index contributed by atoms with van der Waals surface area (Å²) in [7, 11) is 1.44. The number of amides is 1. The van der Waals surface area contributed by atoms with Crippen molar-refractivity contribution in [1.82, 2.24) is 15.2 Å². The molecule has 7 heteroatoms. The van der Waals surface area contributed by atoms with E-state index >= 15 is 0 Å². The standard InChI is InChI=1S/C11H11ClN4O2/c1-6-3-4-7(12)5-8(6)9(17)13-10-14-11(18-2)16-15-10/h3-5H,1-2H3,(H2,13,14,15,16,17). The number of hydrogen-bond acceptors (Lipinski definition) is 4. The van der Waals surface area contributed by atoms with Gasteiger partial charge in [-0.05, 0) is 24.6 Å². The van der Waals surface area contributed by atoms with Crippen LogP contribution in [0.4, 0.5) is 5.95 Å². The first kappa shape index (κ1) is 12.4. The Hall–Kier alpha value is -2.08. The average Bonchev–Trinajstić information content (AvgIpc) is 2.80. The molecule has 1 amide bonds. The summed E-state index contributed by atoms with van der Waals surface area (Å²) in [6, 6.07) is 5.26. The van der Waals surface area contributed by atoms with E-state index < -0.39 is 0 Å². The number of rotatable bonds is 3. The zero-order valence-corrected chi connectivity index (χ0v) is 10.6.